The lowest BCUT2D eigenvalue weighted by Crippen LogP contribution is -2.39. The molecule has 1 aliphatic carbocycles. The number of halogens is 1. The molecule has 8 heteroatoms. The number of hydrogen-bond acceptors (Lipinski definition) is 5. The summed E-state index contributed by atoms with van der Waals surface area (Å²) in [5.41, 5.74) is 2.33. The van der Waals surface area contributed by atoms with Gasteiger partial charge in [-0.15, -0.1) is 11.5 Å². The van der Waals surface area contributed by atoms with Crippen LogP contribution in [0.25, 0.3) is 5.69 Å². The first-order valence-corrected chi connectivity index (χ1v) is 10.9. The van der Waals surface area contributed by atoms with Gasteiger partial charge in [0.15, 0.2) is 5.78 Å². The molecule has 1 atom stereocenters. The molecular weight excluding hydrogens is 421 g/mol. The second kappa shape index (κ2) is 9.74. The first kappa shape index (κ1) is 22.3. The number of anilines is 1. The smallest absolute Gasteiger partial charge is 0.297 e. The molecule has 168 valence electrons. The second-order valence-electron chi connectivity index (χ2n) is 8.32. The predicted octanol–water partition coefficient (Wildman–Crippen LogP) is 3.97. The third-order valence-corrected chi connectivity index (χ3v) is 6.09. The molecule has 1 unspecified atom stereocenters. The van der Waals surface area contributed by atoms with Crippen molar-refractivity contribution < 1.29 is 14.0 Å². The number of carbonyl (C=O) groups is 2. The molecule has 7 nitrogen and oxygen atoms in total. The molecule has 3 aromatic rings. The minimum atomic E-state index is -1.02. The highest BCUT2D eigenvalue weighted by atomic mass is 19.1. The van der Waals surface area contributed by atoms with Crippen LogP contribution in [0.2, 0.25) is 0 Å². The van der Waals surface area contributed by atoms with Gasteiger partial charge in [-0.3, -0.25) is 14.5 Å². The number of nitrogens with zero attached hydrogens (tertiary/aromatic N) is 5. The van der Waals surface area contributed by atoms with Gasteiger partial charge in [0.05, 0.1) is 5.69 Å². The van der Waals surface area contributed by atoms with Gasteiger partial charge in [-0.25, -0.2) is 9.07 Å². The van der Waals surface area contributed by atoms with Gasteiger partial charge in [0.25, 0.3) is 0 Å². The Morgan fingerprint density at radius 2 is 2.03 bits per heavy atom. The quantitative estimate of drug-likeness (QED) is 0.514. The maximum atomic E-state index is 14.1. The van der Waals surface area contributed by atoms with E-state index in [1.165, 1.54) is 34.1 Å². The highest BCUT2D eigenvalue weighted by Crippen LogP contribution is 2.35. The molecule has 1 aromatic heterocycles. The zero-order chi connectivity index (χ0) is 23.4. The summed E-state index contributed by atoms with van der Waals surface area (Å²) in [6.07, 6.45) is 11.4. The molecule has 0 bridgehead atoms. The Hall–Kier alpha value is -3.86. The number of amides is 1. The number of tetrazole rings is 1. The number of benzene rings is 2. The van der Waals surface area contributed by atoms with Crippen molar-refractivity contribution in [1.29, 1.82) is 0 Å². The Labute approximate surface area is 191 Å². The van der Waals surface area contributed by atoms with Crippen molar-refractivity contribution in [2.45, 2.75) is 45.1 Å². The maximum Gasteiger partial charge on any atom is 0.303 e. The fraction of sp³-hybridized carbons (Fsp3) is 0.320. The van der Waals surface area contributed by atoms with Crippen LogP contribution >= 0.6 is 0 Å². The molecule has 1 heterocycles. The molecular formula is C25H24FN5O2. The number of ketones is 1. The van der Waals surface area contributed by atoms with Crippen molar-refractivity contribution in [3.63, 3.8) is 0 Å². The molecule has 1 amide bonds. The van der Waals surface area contributed by atoms with Crippen LogP contribution in [0.3, 0.4) is 0 Å². The maximum absolute atomic E-state index is 14.1. The molecule has 0 N–H and O–H groups in total. The van der Waals surface area contributed by atoms with Crippen LogP contribution < -0.4 is 4.90 Å². The van der Waals surface area contributed by atoms with Gasteiger partial charge in [-0.05, 0) is 70.6 Å². The van der Waals surface area contributed by atoms with E-state index in [-0.39, 0.29) is 11.7 Å². The topological polar surface area (TPSA) is 81.0 Å². The van der Waals surface area contributed by atoms with Gasteiger partial charge >= 0.3 is 5.91 Å². The highest BCUT2D eigenvalue weighted by Gasteiger charge is 2.34. The Morgan fingerprint density at radius 3 is 2.67 bits per heavy atom. The van der Waals surface area contributed by atoms with Crippen molar-refractivity contribution >= 4 is 17.4 Å². The summed E-state index contributed by atoms with van der Waals surface area (Å²) in [6.45, 7) is 1.84. The second-order valence-corrected chi connectivity index (χ2v) is 8.32. The van der Waals surface area contributed by atoms with Crippen molar-refractivity contribution in [2.24, 2.45) is 5.92 Å². The molecule has 1 aliphatic rings. The van der Waals surface area contributed by atoms with E-state index < -0.39 is 17.8 Å². The summed E-state index contributed by atoms with van der Waals surface area (Å²) in [4.78, 5) is 27.8. The van der Waals surface area contributed by atoms with Gasteiger partial charge < -0.3 is 0 Å². The fourth-order valence-corrected chi connectivity index (χ4v) is 4.54. The lowest BCUT2D eigenvalue weighted by molar-refractivity contribution is -0.124. The molecule has 0 radical (unpaired) electrons. The number of rotatable bonds is 7. The third kappa shape index (κ3) is 4.82. The van der Waals surface area contributed by atoms with E-state index in [4.69, 9.17) is 6.42 Å². The summed E-state index contributed by atoms with van der Waals surface area (Å²) >= 11 is 0. The number of aromatic nitrogens is 4. The Kier molecular flexibility index (Phi) is 6.59. The van der Waals surface area contributed by atoms with Crippen molar-refractivity contribution in [3.05, 3.63) is 65.7 Å². The van der Waals surface area contributed by atoms with Gasteiger partial charge in [0.1, 0.15) is 18.2 Å². The minimum Gasteiger partial charge on any atom is -0.297 e. The monoisotopic (exact) mass is 445 g/mol. The van der Waals surface area contributed by atoms with Crippen molar-refractivity contribution in [1.82, 2.24) is 20.2 Å². The largest absolute Gasteiger partial charge is 0.303 e. The van der Waals surface area contributed by atoms with Crippen LogP contribution in [0.5, 0.6) is 0 Å². The first-order chi connectivity index (χ1) is 16.0. The molecule has 0 saturated heterocycles. The van der Waals surface area contributed by atoms with E-state index in [0.29, 0.717) is 17.7 Å². The van der Waals surface area contributed by atoms with Gasteiger partial charge in [-0.1, -0.05) is 37.8 Å². The third-order valence-electron chi connectivity index (χ3n) is 6.09. The molecule has 0 spiro atoms. The number of Topliss-reactive ketones (excluding diaryl/α,β-unsaturated/α-hetero) is 1. The van der Waals surface area contributed by atoms with Crippen LogP contribution in [0.4, 0.5) is 10.1 Å². The Morgan fingerprint density at radius 1 is 1.24 bits per heavy atom. The first-order valence-electron chi connectivity index (χ1n) is 10.9. The molecule has 1 saturated carbocycles. The summed E-state index contributed by atoms with van der Waals surface area (Å²) < 4.78 is 15.6. The van der Waals surface area contributed by atoms with E-state index in [2.05, 4.69) is 21.4 Å². The number of aryl methyl sites for hydroxylation is 1. The van der Waals surface area contributed by atoms with Crippen molar-refractivity contribution in [2.75, 3.05) is 4.90 Å². The Bertz CT molecular complexity index is 1200. The summed E-state index contributed by atoms with van der Waals surface area (Å²) in [7, 11) is 0. The van der Waals surface area contributed by atoms with E-state index in [0.717, 1.165) is 36.9 Å². The van der Waals surface area contributed by atoms with Crippen LogP contribution in [-0.4, -0.2) is 31.9 Å². The van der Waals surface area contributed by atoms with Gasteiger partial charge in [-0.2, -0.15) is 0 Å². The standard InChI is InChI=1S/C25H24FN5O2/c1-3-24(33)31(21-11-12-22(17(2)13-21)30-16-27-28-29-30)25(19-9-6-10-20(26)15-19)23(32)14-18-7-4-5-8-18/h1,6,9-13,15-16,18,25H,4-5,7-8,14H2,2H3. The van der Waals surface area contributed by atoms with Gasteiger partial charge in [0.2, 0.25) is 0 Å². The predicted molar refractivity (Wildman–Crippen MR) is 121 cm³/mol. The zero-order valence-electron chi connectivity index (χ0n) is 18.3. The van der Waals surface area contributed by atoms with Crippen molar-refractivity contribution in [3.8, 4) is 18.0 Å². The summed E-state index contributed by atoms with van der Waals surface area (Å²) in [6, 6.07) is 9.95. The minimum absolute atomic E-state index is 0.154. The fourth-order valence-electron chi connectivity index (χ4n) is 4.54. The summed E-state index contributed by atoms with van der Waals surface area (Å²) in [5.74, 6) is 1.10. The van der Waals surface area contributed by atoms with E-state index in [1.807, 2.05) is 6.92 Å². The van der Waals surface area contributed by atoms with Crippen LogP contribution in [-0.2, 0) is 9.59 Å². The van der Waals surface area contributed by atoms with Crippen LogP contribution in [0, 0.1) is 31.0 Å². The molecule has 2 aromatic carbocycles. The molecule has 1 fully saturated rings. The normalized spacial score (nSPS) is 14.6. The molecule has 0 aliphatic heterocycles. The number of terminal acetylenes is 1. The van der Waals surface area contributed by atoms with Crippen LogP contribution in [0.15, 0.2) is 48.8 Å². The average molecular weight is 445 g/mol. The number of carbonyl (C=O) groups excluding carboxylic acids is 2. The van der Waals surface area contributed by atoms with E-state index >= 15 is 0 Å². The average Bonchev–Trinajstić information content (AvgIpc) is 3.51. The van der Waals surface area contributed by atoms with E-state index in [9.17, 15) is 14.0 Å². The highest BCUT2D eigenvalue weighted by molar-refractivity contribution is 6.10. The lowest BCUT2D eigenvalue weighted by atomic mass is 9.91. The zero-order valence-corrected chi connectivity index (χ0v) is 18.3. The lowest BCUT2D eigenvalue weighted by Gasteiger charge is -2.31. The van der Waals surface area contributed by atoms with Gasteiger partial charge in [0, 0.05) is 12.1 Å². The van der Waals surface area contributed by atoms with Crippen LogP contribution in [0.1, 0.15) is 49.3 Å². The molecule has 4 rings (SSSR count). The van der Waals surface area contributed by atoms with E-state index in [1.54, 1.807) is 24.3 Å². The molecule has 33 heavy (non-hydrogen) atoms. The Balaban J connectivity index is 1.78. The summed E-state index contributed by atoms with van der Waals surface area (Å²) in [5, 5.41) is 11.2. The number of hydrogen-bond donors (Lipinski definition) is 0. The SMILES string of the molecule is C#CC(=O)N(c1ccc(-n2cnnn2)c(C)c1)C(C(=O)CC1CCCC1)c1cccc(F)c1.